The van der Waals surface area contributed by atoms with Crippen molar-refractivity contribution >= 4 is 28.9 Å². The molecule has 29 heavy (non-hydrogen) atoms. The second-order valence-corrected chi connectivity index (χ2v) is 7.25. The quantitative estimate of drug-likeness (QED) is 0.826. The number of carbonyl (C=O) groups excluding carboxylic acids is 2. The number of nitrogens with one attached hydrogen (secondary N) is 2. The number of hydrogen-bond donors (Lipinski definition) is 2. The summed E-state index contributed by atoms with van der Waals surface area (Å²) in [6.07, 6.45) is 4.60. The maximum atomic E-state index is 12.9. The Morgan fingerprint density at radius 3 is 2.48 bits per heavy atom. The fraction of sp³-hybridized carbons (Fsp3) is 0.381. The first kappa shape index (κ1) is 19.4. The van der Waals surface area contributed by atoms with Crippen LogP contribution < -0.4 is 10.6 Å². The monoisotopic (exact) mass is 396 g/mol. The standard InChI is InChI=1S/C21H24N4O4/c1-15(26)23-17-3-2-4-18(12-17)24-19-11-16(13-22-14-19)20(27)25-7-5-21(6-8-25)28-9-10-29-21/h2-4,11-14,24H,5-10H2,1H3,(H,23,26). The number of rotatable bonds is 4. The van der Waals surface area contributed by atoms with Gasteiger partial charge in [-0.15, -0.1) is 0 Å². The Morgan fingerprint density at radius 2 is 1.76 bits per heavy atom. The van der Waals surface area contributed by atoms with Crippen LogP contribution in [-0.4, -0.2) is 53.8 Å². The number of piperidine rings is 1. The van der Waals surface area contributed by atoms with Crippen molar-refractivity contribution in [2.45, 2.75) is 25.6 Å². The summed E-state index contributed by atoms with van der Waals surface area (Å²) in [6, 6.07) is 9.14. The molecular formula is C21H24N4O4. The van der Waals surface area contributed by atoms with E-state index in [9.17, 15) is 9.59 Å². The van der Waals surface area contributed by atoms with E-state index in [1.54, 1.807) is 18.5 Å². The number of nitrogens with zero attached hydrogens (tertiary/aromatic N) is 2. The topological polar surface area (TPSA) is 92.8 Å². The Morgan fingerprint density at radius 1 is 1.03 bits per heavy atom. The van der Waals surface area contributed by atoms with Gasteiger partial charge in [-0.1, -0.05) is 6.07 Å². The van der Waals surface area contributed by atoms with Crippen molar-refractivity contribution in [3.63, 3.8) is 0 Å². The number of ether oxygens (including phenoxy) is 2. The van der Waals surface area contributed by atoms with Crippen molar-refractivity contribution in [1.29, 1.82) is 0 Å². The highest BCUT2D eigenvalue weighted by Gasteiger charge is 2.40. The van der Waals surface area contributed by atoms with Crippen LogP contribution in [0.2, 0.25) is 0 Å². The lowest BCUT2D eigenvalue weighted by Gasteiger charge is -2.37. The summed E-state index contributed by atoms with van der Waals surface area (Å²) in [7, 11) is 0. The molecule has 2 aromatic rings. The summed E-state index contributed by atoms with van der Waals surface area (Å²) in [5, 5.41) is 5.98. The predicted molar refractivity (Wildman–Crippen MR) is 108 cm³/mol. The van der Waals surface area contributed by atoms with Crippen molar-refractivity contribution < 1.29 is 19.1 Å². The molecule has 0 atom stereocenters. The van der Waals surface area contributed by atoms with Crippen molar-refractivity contribution in [2.24, 2.45) is 0 Å². The number of amides is 2. The van der Waals surface area contributed by atoms with Gasteiger partial charge in [-0.2, -0.15) is 0 Å². The molecule has 2 aliphatic heterocycles. The van der Waals surface area contributed by atoms with Crippen LogP contribution in [-0.2, 0) is 14.3 Å². The largest absolute Gasteiger partial charge is 0.354 e. The zero-order chi connectivity index (χ0) is 20.3. The molecule has 2 fully saturated rings. The smallest absolute Gasteiger partial charge is 0.255 e. The van der Waals surface area contributed by atoms with Crippen LogP contribution in [0.15, 0.2) is 42.7 Å². The van der Waals surface area contributed by atoms with Gasteiger partial charge in [0, 0.05) is 50.4 Å². The summed E-state index contributed by atoms with van der Waals surface area (Å²) in [4.78, 5) is 30.2. The van der Waals surface area contributed by atoms with E-state index in [2.05, 4.69) is 15.6 Å². The van der Waals surface area contributed by atoms with Crippen molar-refractivity contribution in [3.8, 4) is 0 Å². The van der Waals surface area contributed by atoms with E-state index >= 15 is 0 Å². The molecule has 8 heteroatoms. The Balaban J connectivity index is 1.42. The molecule has 8 nitrogen and oxygen atoms in total. The molecular weight excluding hydrogens is 372 g/mol. The summed E-state index contributed by atoms with van der Waals surface area (Å²) in [5.41, 5.74) is 2.71. The zero-order valence-electron chi connectivity index (χ0n) is 16.3. The highest BCUT2D eigenvalue weighted by Crippen LogP contribution is 2.32. The molecule has 0 aliphatic carbocycles. The van der Waals surface area contributed by atoms with E-state index in [0.29, 0.717) is 56.1 Å². The van der Waals surface area contributed by atoms with E-state index in [4.69, 9.17) is 9.47 Å². The first-order valence-electron chi connectivity index (χ1n) is 9.70. The number of anilines is 3. The normalized spacial score (nSPS) is 17.9. The van der Waals surface area contributed by atoms with Crippen LogP contribution in [0.3, 0.4) is 0 Å². The molecule has 2 saturated heterocycles. The minimum absolute atomic E-state index is 0.0546. The van der Waals surface area contributed by atoms with Crippen LogP contribution in [0.1, 0.15) is 30.1 Å². The van der Waals surface area contributed by atoms with Crippen LogP contribution in [0.4, 0.5) is 17.1 Å². The lowest BCUT2D eigenvalue weighted by molar-refractivity contribution is -0.181. The van der Waals surface area contributed by atoms with Crippen molar-refractivity contribution in [3.05, 3.63) is 48.3 Å². The first-order chi connectivity index (χ1) is 14.0. The average molecular weight is 396 g/mol. The van der Waals surface area contributed by atoms with Gasteiger partial charge in [-0.25, -0.2) is 0 Å². The summed E-state index contributed by atoms with van der Waals surface area (Å²) >= 11 is 0. The molecule has 1 aromatic carbocycles. The molecule has 152 valence electrons. The van der Waals surface area contributed by atoms with Crippen molar-refractivity contribution in [2.75, 3.05) is 36.9 Å². The third kappa shape index (κ3) is 4.55. The average Bonchev–Trinajstić information content (AvgIpc) is 3.16. The van der Waals surface area contributed by atoms with Crippen molar-refractivity contribution in [1.82, 2.24) is 9.88 Å². The number of likely N-dealkylation sites (tertiary alicyclic amines) is 1. The van der Waals surface area contributed by atoms with Gasteiger partial charge < -0.3 is 25.0 Å². The predicted octanol–water partition coefficient (Wildman–Crippen LogP) is 2.76. The van der Waals surface area contributed by atoms with Crippen LogP contribution >= 0.6 is 0 Å². The molecule has 0 bridgehead atoms. The first-order valence-corrected chi connectivity index (χ1v) is 9.70. The molecule has 0 saturated carbocycles. The summed E-state index contributed by atoms with van der Waals surface area (Å²) in [6.45, 7) is 3.89. The third-order valence-electron chi connectivity index (χ3n) is 5.08. The summed E-state index contributed by atoms with van der Waals surface area (Å²) in [5.74, 6) is -0.689. The molecule has 2 aliphatic rings. The summed E-state index contributed by atoms with van der Waals surface area (Å²) < 4.78 is 11.5. The van der Waals surface area contributed by atoms with Crippen LogP contribution in [0.25, 0.3) is 0 Å². The Hall–Kier alpha value is -2.97. The molecule has 4 rings (SSSR count). The van der Waals surface area contributed by atoms with Gasteiger partial charge in [0.25, 0.3) is 5.91 Å². The van der Waals surface area contributed by atoms with Gasteiger partial charge in [-0.3, -0.25) is 14.6 Å². The lowest BCUT2D eigenvalue weighted by Crippen LogP contribution is -2.47. The minimum Gasteiger partial charge on any atom is -0.354 e. The number of aromatic nitrogens is 1. The van der Waals surface area contributed by atoms with Gasteiger partial charge in [0.05, 0.1) is 30.7 Å². The van der Waals surface area contributed by atoms with E-state index in [1.165, 1.54) is 6.92 Å². The van der Waals surface area contributed by atoms with Gasteiger partial charge in [-0.05, 0) is 24.3 Å². The highest BCUT2D eigenvalue weighted by atomic mass is 16.7. The van der Waals surface area contributed by atoms with E-state index < -0.39 is 5.79 Å². The van der Waals surface area contributed by atoms with Crippen LogP contribution in [0.5, 0.6) is 0 Å². The van der Waals surface area contributed by atoms with E-state index in [1.807, 2.05) is 29.2 Å². The number of benzene rings is 1. The third-order valence-corrected chi connectivity index (χ3v) is 5.08. The Kier molecular flexibility index (Phi) is 5.46. The number of pyridine rings is 1. The second kappa shape index (κ2) is 8.18. The minimum atomic E-state index is -0.503. The molecule has 3 heterocycles. The van der Waals surface area contributed by atoms with Gasteiger partial charge in [0.15, 0.2) is 5.79 Å². The SMILES string of the molecule is CC(=O)Nc1cccc(Nc2cncc(C(=O)N3CCC4(CC3)OCCO4)c2)c1. The van der Waals surface area contributed by atoms with Crippen LogP contribution in [0, 0.1) is 0 Å². The molecule has 1 spiro atoms. The van der Waals surface area contributed by atoms with E-state index in [0.717, 1.165) is 5.69 Å². The highest BCUT2D eigenvalue weighted by molar-refractivity contribution is 5.95. The molecule has 0 unspecified atom stereocenters. The van der Waals surface area contributed by atoms with E-state index in [-0.39, 0.29) is 11.8 Å². The molecule has 2 amide bonds. The van der Waals surface area contributed by atoms with Gasteiger partial charge in [0.2, 0.25) is 5.91 Å². The fourth-order valence-electron chi connectivity index (χ4n) is 3.69. The molecule has 1 aromatic heterocycles. The Labute approximate surface area is 169 Å². The Bertz CT molecular complexity index is 901. The fourth-order valence-corrected chi connectivity index (χ4v) is 3.69. The van der Waals surface area contributed by atoms with Gasteiger partial charge in [0.1, 0.15) is 0 Å². The maximum Gasteiger partial charge on any atom is 0.255 e. The van der Waals surface area contributed by atoms with Gasteiger partial charge >= 0.3 is 0 Å². The lowest BCUT2D eigenvalue weighted by atomic mass is 10.0. The number of hydrogen-bond acceptors (Lipinski definition) is 6. The number of carbonyl (C=O) groups is 2. The second-order valence-electron chi connectivity index (χ2n) is 7.25. The molecule has 0 radical (unpaired) electrons. The zero-order valence-corrected chi connectivity index (χ0v) is 16.3. The maximum absolute atomic E-state index is 12.9. The molecule has 2 N–H and O–H groups in total.